The van der Waals surface area contributed by atoms with Gasteiger partial charge in [0.05, 0.1) is 0 Å². The average molecular weight is 234 g/mol. The highest BCUT2D eigenvalue weighted by Crippen LogP contribution is 2.10. The normalized spacial score (nSPS) is 17.4. The molecule has 0 N–H and O–H groups in total. The van der Waals surface area contributed by atoms with E-state index in [0.717, 1.165) is 32.1 Å². The van der Waals surface area contributed by atoms with Gasteiger partial charge >= 0.3 is 0 Å². The van der Waals surface area contributed by atoms with E-state index < -0.39 is 0 Å². The Labute approximate surface area is 104 Å². The summed E-state index contributed by atoms with van der Waals surface area (Å²) in [6, 6.07) is 1.87. The third-order valence-corrected chi connectivity index (χ3v) is 3.29. The van der Waals surface area contributed by atoms with Crippen LogP contribution in [0.15, 0.2) is 18.5 Å². The molecule has 1 aliphatic rings. The topological polar surface area (TPSA) is 32.3 Å². The summed E-state index contributed by atoms with van der Waals surface area (Å²) in [5.74, 6) is 0.876. The van der Waals surface area contributed by atoms with Crippen LogP contribution in [0.4, 0.5) is 5.95 Å². The van der Waals surface area contributed by atoms with Crippen LogP contribution in [0, 0.1) is 0 Å². The van der Waals surface area contributed by atoms with Crippen LogP contribution < -0.4 is 4.90 Å². The fourth-order valence-corrected chi connectivity index (χ4v) is 2.21. The molecule has 0 atom stereocenters. The predicted octanol–water partition coefficient (Wildman–Crippen LogP) is 1.79. The summed E-state index contributed by atoms with van der Waals surface area (Å²) in [4.78, 5) is 13.4. The van der Waals surface area contributed by atoms with E-state index in [1.807, 2.05) is 18.5 Å². The van der Waals surface area contributed by atoms with Crippen molar-refractivity contribution in [1.82, 2.24) is 14.9 Å². The van der Waals surface area contributed by atoms with Crippen LogP contribution in [0.5, 0.6) is 0 Å². The zero-order valence-corrected chi connectivity index (χ0v) is 10.7. The highest BCUT2D eigenvalue weighted by molar-refractivity contribution is 5.29. The maximum absolute atomic E-state index is 4.30. The van der Waals surface area contributed by atoms with Gasteiger partial charge in [-0.3, -0.25) is 4.90 Å². The molecule has 17 heavy (non-hydrogen) atoms. The van der Waals surface area contributed by atoms with Crippen LogP contribution in [0.3, 0.4) is 0 Å². The first-order chi connectivity index (χ1) is 8.40. The fourth-order valence-electron chi connectivity index (χ4n) is 2.21. The molecule has 4 heteroatoms. The van der Waals surface area contributed by atoms with Gasteiger partial charge in [-0.15, -0.1) is 0 Å². The van der Waals surface area contributed by atoms with Gasteiger partial charge in [0.1, 0.15) is 0 Å². The smallest absolute Gasteiger partial charge is 0.225 e. The van der Waals surface area contributed by atoms with Gasteiger partial charge in [0.2, 0.25) is 5.95 Å². The fraction of sp³-hybridized carbons (Fsp3) is 0.692. The van der Waals surface area contributed by atoms with E-state index in [2.05, 4.69) is 26.7 Å². The van der Waals surface area contributed by atoms with Crippen LogP contribution in [-0.2, 0) is 0 Å². The molecule has 0 radical (unpaired) electrons. The van der Waals surface area contributed by atoms with E-state index in [0.29, 0.717) is 0 Å². The molecule has 0 unspecified atom stereocenters. The molecule has 0 aliphatic carbocycles. The van der Waals surface area contributed by atoms with Gasteiger partial charge in [-0.1, -0.05) is 19.8 Å². The van der Waals surface area contributed by atoms with E-state index in [9.17, 15) is 0 Å². The average Bonchev–Trinajstić information content (AvgIpc) is 2.41. The van der Waals surface area contributed by atoms with Crippen LogP contribution in [-0.4, -0.2) is 47.6 Å². The van der Waals surface area contributed by atoms with Gasteiger partial charge in [0.15, 0.2) is 0 Å². The van der Waals surface area contributed by atoms with Gasteiger partial charge in [-0.25, -0.2) is 9.97 Å². The summed E-state index contributed by atoms with van der Waals surface area (Å²) in [7, 11) is 0. The number of hydrogen-bond donors (Lipinski definition) is 0. The predicted molar refractivity (Wildman–Crippen MR) is 70.2 cm³/mol. The van der Waals surface area contributed by atoms with Crippen LogP contribution in [0.1, 0.15) is 26.2 Å². The monoisotopic (exact) mass is 234 g/mol. The maximum atomic E-state index is 4.30. The Kier molecular flexibility index (Phi) is 4.74. The Balaban J connectivity index is 1.74. The number of aromatic nitrogens is 2. The zero-order valence-electron chi connectivity index (χ0n) is 10.7. The number of hydrogen-bond acceptors (Lipinski definition) is 4. The van der Waals surface area contributed by atoms with Crippen LogP contribution in [0.25, 0.3) is 0 Å². The lowest BCUT2D eigenvalue weighted by Crippen LogP contribution is -2.47. The second kappa shape index (κ2) is 6.55. The second-order valence-electron chi connectivity index (χ2n) is 4.58. The Morgan fingerprint density at radius 3 is 2.41 bits per heavy atom. The van der Waals surface area contributed by atoms with Crippen molar-refractivity contribution in [1.29, 1.82) is 0 Å². The number of nitrogens with zero attached hydrogens (tertiary/aromatic N) is 4. The molecule has 2 heterocycles. The third kappa shape index (κ3) is 3.66. The Bertz CT molecular complexity index is 306. The molecule has 1 saturated heterocycles. The SMILES string of the molecule is CCCCCN1CCN(c2ncccn2)CC1. The molecular weight excluding hydrogens is 212 g/mol. The summed E-state index contributed by atoms with van der Waals surface area (Å²) < 4.78 is 0. The van der Waals surface area contributed by atoms with Crippen molar-refractivity contribution in [2.75, 3.05) is 37.6 Å². The quantitative estimate of drug-likeness (QED) is 0.727. The molecule has 94 valence electrons. The van der Waals surface area contributed by atoms with Gasteiger partial charge in [-0.05, 0) is 19.0 Å². The highest BCUT2D eigenvalue weighted by Gasteiger charge is 2.17. The van der Waals surface area contributed by atoms with Crippen molar-refractivity contribution < 1.29 is 0 Å². The third-order valence-electron chi connectivity index (χ3n) is 3.29. The summed E-state index contributed by atoms with van der Waals surface area (Å²) in [5, 5.41) is 0. The van der Waals surface area contributed by atoms with E-state index in [-0.39, 0.29) is 0 Å². The number of rotatable bonds is 5. The summed E-state index contributed by atoms with van der Waals surface area (Å²) in [5.41, 5.74) is 0. The first kappa shape index (κ1) is 12.3. The maximum Gasteiger partial charge on any atom is 0.225 e. The molecule has 0 bridgehead atoms. The minimum Gasteiger partial charge on any atom is -0.338 e. The minimum atomic E-state index is 0.876. The van der Waals surface area contributed by atoms with E-state index in [4.69, 9.17) is 0 Å². The molecule has 4 nitrogen and oxygen atoms in total. The largest absolute Gasteiger partial charge is 0.338 e. The molecule has 2 rings (SSSR count). The molecule has 1 aromatic heterocycles. The van der Waals surface area contributed by atoms with Gasteiger partial charge < -0.3 is 4.90 Å². The summed E-state index contributed by atoms with van der Waals surface area (Å²) in [6.45, 7) is 7.89. The second-order valence-corrected chi connectivity index (χ2v) is 4.58. The van der Waals surface area contributed by atoms with Gasteiger partial charge in [0, 0.05) is 38.6 Å². The van der Waals surface area contributed by atoms with Crippen molar-refractivity contribution in [2.24, 2.45) is 0 Å². The van der Waals surface area contributed by atoms with Crippen molar-refractivity contribution >= 4 is 5.95 Å². The minimum absolute atomic E-state index is 0.876. The number of unbranched alkanes of at least 4 members (excludes halogenated alkanes) is 2. The lowest BCUT2D eigenvalue weighted by molar-refractivity contribution is 0.251. The van der Waals surface area contributed by atoms with Crippen molar-refractivity contribution in [2.45, 2.75) is 26.2 Å². The lowest BCUT2D eigenvalue weighted by atomic mass is 10.2. The molecule has 0 amide bonds. The zero-order chi connectivity index (χ0) is 11.9. The number of piperazine rings is 1. The first-order valence-electron chi connectivity index (χ1n) is 6.64. The Morgan fingerprint density at radius 1 is 1.06 bits per heavy atom. The van der Waals surface area contributed by atoms with Gasteiger partial charge in [-0.2, -0.15) is 0 Å². The van der Waals surface area contributed by atoms with E-state index in [1.165, 1.54) is 25.8 Å². The first-order valence-corrected chi connectivity index (χ1v) is 6.64. The molecule has 0 aromatic carbocycles. The molecule has 1 aromatic rings. The Hall–Kier alpha value is -1.16. The molecule has 1 aliphatic heterocycles. The summed E-state index contributed by atoms with van der Waals surface area (Å²) >= 11 is 0. The van der Waals surface area contributed by atoms with E-state index in [1.54, 1.807) is 0 Å². The number of anilines is 1. The Morgan fingerprint density at radius 2 is 1.76 bits per heavy atom. The van der Waals surface area contributed by atoms with Crippen LogP contribution >= 0.6 is 0 Å². The van der Waals surface area contributed by atoms with Crippen LogP contribution in [0.2, 0.25) is 0 Å². The molecule has 0 saturated carbocycles. The molecular formula is C13H22N4. The summed E-state index contributed by atoms with van der Waals surface area (Å²) in [6.07, 6.45) is 7.62. The molecule has 0 spiro atoms. The standard InChI is InChI=1S/C13H22N4/c1-2-3-4-8-16-9-11-17(12-10-16)13-14-6-5-7-15-13/h5-7H,2-4,8-12H2,1H3. The van der Waals surface area contributed by atoms with E-state index >= 15 is 0 Å². The van der Waals surface area contributed by atoms with Gasteiger partial charge in [0.25, 0.3) is 0 Å². The highest BCUT2D eigenvalue weighted by atomic mass is 15.3. The molecule has 1 fully saturated rings. The lowest BCUT2D eigenvalue weighted by Gasteiger charge is -2.34. The van der Waals surface area contributed by atoms with Crippen molar-refractivity contribution in [3.05, 3.63) is 18.5 Å². The van der Waals surface area contributed by atoms with Crippen molar-refractivity contribution in [3.8, 4) is 0 Å². The van der Waals surface area contributed by atoms with Crippen molar-refractivity contribution in [3.63, 3.8) is 0 Å².